The third-order valence-corrected chi connectivity index (χ3v) is 5.07. The monoisotopic (exact) mass is 309 g/mol. The second kappa shape index (κ2) is 7.18. The predicted octanol–water partition coefficient (Wildman–Crippen LogP) is 1.87. The van der Waals surface area contributed by atoms with E-state index >= 15 is 0 Å². The van der Waals surface area contributed by atoms with Crippen molar-refractivity contribution in [1.29, 1.82) is 0 Å². The fourth-order valence-corrected chi connectivity index (χ4v) is 3.64. The number of amides is 1. The molecule has 0 radical (unpaired) electrons. The van der Waals surface area contributed by atoms with Crippen LogP contribution in [0.15, 0.2) is 30.3 Å². The van der Waals surface area contributed by atoms with E-state index in [1.54, 1.807) is 0 Å². The molecule has 1 saturated heterocycles. The van der Waals surface area contributed by atoms with Gasteiger partial charge in [0.2, 0.25) is 5.91 Å². The Hall–Kier alpha value is -1.20. The van der Waals surface area contributed by atoms with Crippen molar-refractivity contribution in [2.75, 3.05) is 18.1 Å². The van der Waals surface area contributed by atoms with Gasteiger partial charge in [-0.05, 0) is 25.8 Å². The minimum Gasteiger partial charge on any atom is -0.376 e. The Balaban J connectivity index is 1.77. The third-order valence-electron chi connectivity index (χ3n) is 3.61. The maximum atomic E-state index is 12.3. The summed E-state index contributed by atoms with van der Waals surface area (Å²) in [7, 11) is -0.772. The lowest BCUT2D eigenvalue weighted by Crippen LogP contribution is -2.45. The molecular formula is C16H23NO3S. The Morgan fingerprint density at radius 1 is 1.38 bits per heavy atom. The van der Waals surface area contributed by atoms with E-state index in [1.165, 1.54) is 0 Å². The van der Waals surface area contributed by atoms with Gasteiger partial charge in [0.1, 0.15) is 0 Å². The summed E-state index contributed by atoms with van der Waals surface area (Å²) in [4.78, 5) is 12.3. The molecule has 21 heavy (non-hydrogen) atoms. The quantitative estimate of drug-likeness (QED) is 0.873. The van der Waals surface area contributed by atoms with Crippen LogP contribution in [0.2, 0.25) is 0 Å². The summed E-state index contributed by atoms with van der Waals surface area (Å²) in [6.45, 7) is 4.62. The Labute approximate surface area is 128 Å². The maximum absolute atomic E-state index is 12.3. The Morgan fingerprint density at radius 3 is 2.71 bits per heavy atom. The van der Waals surface area contributed by atoms with Crippen LogP contribution in [0, 0.1) is 5.41 Å². The van der Waals surface area contributed by atoms with Crippen LogP contribution in [0.5, 0.6) is 0 Å². The standard InChI is InChI=1S/C16H23NO3S/c1-16(2,12-20-10-13-6-4-3-5-7-13)15(18)17-14-8-9-21(19)11-14/h3-7,14H,8-12H2,1-2H3,(H,17,18). The molecular weight excluding hydrogens is 286 g/mol. The highest BCUT2D eigenvalue weighted by Gasteiger charge is 2.31. The summed E-state index contributed by atoms with van der Waals surface area (Å²) in [6, 6.07) is 9.95. The van der Waals surface area contributed by atoms with Crippen LogP contribution in [-0.2, 0) is 26.9 Å². The SMILES string of the molecule is CC(C)(COCc1ccccc1)C(=O)NC1CCS(=O)C1. The van der Waals surface area contributed by atoms with E-state index in [0.717, 1.165) is 12.0 Å². The minimum atomic E-state index is -0.772. The van der Waals surface area contributed by atoms with Gasteiger partial charge in [0.25, 0.3) is 0 Å². The molecule has 0 spiro atoms. The second-order valence-corrected chi connectivity index (χ2v) is 7.75. The van der Waals surface area contributed by atoms with Crippen LogP contribution in [-0.4, -0.2) is 34.3 Å². The van der Waals surface area contributed by atoms with Gasteiger partial charge >= 0.3 is 0 Å². The van der Waals surface area contributed by atoms with E-state index in [2.05, 4.69) is 5.32 Å². The molecule has 4 nitrogen and oxygen atoms in total. The third kappa shape index (κ3) is 4.93. The lowest BCUT2D eigenvalue weighted by atomic mass is 9.93. The molecule has 2 rings (SSSR count). The molecule has 1 fully saturated rings. The molecule has 1 aromatic rings. The number of carbonyl (C=O) groups excluding carboxylic acids is 1. The van der Waals surface area contributed by atoms with Crippen LogP contribution in [0.4, 0.5) is 0 Å². The lowest BCUT2D eigenvalue weighted by molar-refractivity contribution is -0.133. The first-order valence-electron chi connectivity index (χ1n) is 7.25. The van der Waals surface area contributed by atoms with Gasteiger partial charge < -0.3 is 10.1 Å². The van der Waals surface area contributed by atoms with Crippen molar-refractivity contribution in [2.24, 2.45) is 5.41 Å². The molecule has 0 aliphatic carbocycles. The van der Waals surface area contributed by atoms with Crippen molar-refractivity contribution in [3.05, 3.63) is 35.9 Å². The van der Waals surface area contributed by atoms with Crippen molar-refractivity contribution in [1.82, 2.24) is 5.32 Å². The average molecular weight is 309 g/mol. The van der Waals surface area contributed by atoms with Crippen molar-refractivity contribution in [3.63, 3.8) is 0 Å². The van der Waals surface area contributed by atoms with Gasteiger partial charge in [0.05, 0.1) is 18.6 Å². The van der Waals surface area contributed by atoms with Crippen LogP contribution < -0.4 is 5.32 Å². The molecule has 0 saturated carbocycles. The van der Waals surface area contributed by atoms with Gasteiger partial charge in [-0.25, -0.2) is 0 Å². The topological polar surface area (TPSA) is 55.4 Å². The molecule has 2 atom stereocenters. The van der Waals surface area contributed by atoms with E-state index in [0.29, 0.717) is 24.7 Å². The van der Waals surface area contributed by atoms with Crippen LogP contribution in [0.25, 0.3) is 0 Å². The summed E-state index contributed by atoms with van der Waals surface area (Å²) in [6.07, 6.45) is 0.805. The summed E-state index contributed by atoms with van der Waals surface area (Å²) in [5.41, 5.74) is 0.513. The van der Waals surface area contributed by atoms with Crippen LogP contribution in [0.1, 0.15) is 25.8 Å². The average Bonchev–Trinajstić information content (AvgIpc) is 2.85. The number of nitrogens with one attached hydrogen (secondary N) is 1. The van der Waals surface area contributed by atoms with Crippen molar-refractivity contribution in [2.45, 2.75) is 32.9 Å². The highest BCUT2D eigenvalue weighted by Crippen LogP contribution is 2.18. The lowest BCUT2D eigenvalue weighted by Gasteiger charge is -2.25. The van der Waals surface area contributed by atoms with E-state index in [-0.39, 0.29) is 11.9 Å². The van der Waals surface area contributed by atoms with Gasteiger partial charge in [-0.3, -0.25) is 9.00 Å². The Bertz CT molecular complexity index is 502. The normalized spacial score (nSPS) is 22.2. The first-order chi connectivity index (χ1) is 9.97. The number of rotatable bonds is 6. The van der Waals surface area contributed by atoms with E-state index < -0.39 is 16.2 Å². The molecule has 2 unspecified atom stereocenters. The van der Waals surface area contributed by atoms with Gasteiger partial charge in [0, 0.05) is 28.3 Å². The number of carbonyl (C=O) groups is 1. The number of benzene rings is 1. The summed E-state index contributed by atoms with van der Waals surface area (Å²) in [5, 5.41) is 2.99. The molecule has 0 aromatic heterocycles. The van der Waals surface area contributed by atoms with Gasteiger partial charge in [-0.2, -0.15) is 0 Å². The fraction of sp³-hybridized carbons (Fsp3) is 0.562. The number of hydrogen-bond donors (Lipinski definition) is 1. The Morgan fingerprint density at radius 2 is 2.10 bits per heavy atom. The summed E-state index contributed by atoms with van der Waals surface area (Å²) < 4.78 is 17.0. The minimum absolute atomic E-state index is 0.0283. The molecule has 1 heterocycles. The van der Waals surface area contributed by atoms with E-state index in [9.17, 15) is 9.00 Å². The number of hydrogen-bond acceptors (Lipinski definition) is 3. The summed E-state index contributed by atoms with van der Waals surface area (Å²) in [5.74, 6) is 1.24. The van der Waals surface area contributed by atoms with Crippen molar-refractivity contribution >= 4 is 16.7 Å². The zero-order chi connectivity index (χ0) is 15.3. The first-order valence-corrected chi connectivity index (χ1v) is 8.74. The molecule has 1 aliphatic rings. The zero-order valence-electron chi connectivity index (χ0n) is 12.6. The van der Waals surface area contributed by atoms with Gasteiger partial charge in [-0.1, -0.05) is 30.3 Å². The molecule has 0 bridgehead atoms. The second-order valence-electron chi connectivity index (χ2n) is 6.13. The number of ether oxygens (including phenoxy) is 1. The predicted molar refractivity (Wildman–Crippen MR) is 84.3 cm³/mol. The molecule has 5 heteroatoms. The fourth-order valence-electron chi connectivity index (χ4n) is 2.22. The van der Waals surface area contributed by atoms with E-state index in [4.69, 9.17) is 4.74 Å². The molecule has 1 amide bonds. The largest absolute Gasteiger partial charge is 0.376 e. The first kappa shape index (κ1) is 16.2. The highest BCUT2D eigenvalue weighted by atomic mass is 32.2. The Kier molecular flexibility index (Phi) is 5.53. The zero-order valence-corrected chi connectivity index (χ0v) is 13.4. The molecule has 116 valence electrons. The molecule has 1 aromatic carbocycles. The summed E-state index contributed by atoms with van der Waals surface area (Å²) >= 11 is 0. The van der Waals surface area contributed by atoms with Gasteiger partial charge in [0.15, 0.2) is 0 Å². The van der Waals surface area contributed by atoms with Crippen LogP contribution >= 0.6 is 0 Å². The highest BCUT2D eigenvalue weighted by molar-refractivity contribution is 7.85. The van der Waals surface area contributed by atoms with Crippen molar-refractivity contribution < 1.29 is 13.7 Å². The smallest absolute Gasteiger partial charge is 0.228 e. The van der Waals surface area contributed by atoms with Crippen LogP contribution in [0.3, 0.4) is 0 Å². The van der Waals surface area contributed by atoms with Crippen molar-refractivity contribution in [3.8, 4) is 0 Å². The van der Waals surface area contributed by atoms with Gasteiger partial charge in [-0.15, -0.1) is 0 Å². The molecule has 1 N–H and O–H groups in total. The maximum Gasteiger partial charge on any atom is 0.228 e. The molecule has 1 aliphatic heterocycles. The van der Waals surface area contributed by atoms with E-state index in [1.807, 2.05) is 44.2 Å².